The van der Waals surface area contributed by atoms with Crippen LogP contribution >= 0.6 is 15.9 Å². The maximum atomic E-state index is 13.1. The lowest BCUT2D eigenvalue weighted by Crippen LogP contribution is -2.16. The number of rotatable bonds is 4. The van der Waals surface area contributed by atoms with Crippen LogP contribution < -0.4 is 0 Å². The lowest BCUT2D eigenvalue weighted by molar-refractivity contribution is 0.577. The minimum atomic E-state index is -4.02. The summed E-state index contributed by atoms with van der Waals surface area (Å²) >= 11 is 3.26. The molecule has 0 spiro atoms. The highest BCUT2D eigenvalue weighted by molar-refractivity contribution is 9.10. The summed E-state index contributed by atoms with van der Waals surface area (Å²) < 4.78 is 53.5. The van der Waals surface area contributed by atoms with E-state index in [1.165, 1.54) is 38.1 Å². The smallest absolute Gasteiger partial charge is 0.218 e. The molecule has 2 aromatic carbocycles. The highest BCUT2D eigenvalue weighted by Crippen LogP contribution is 2.29. The molecule has 3 aromatic rings. The zero-order valence-corrected chi connectivity index (χ0v) is 18.1. The zero-order chi connectivity index (χ0) is 20.0. The summed E-state index contributed by atoms with van der Waals surface area (Å²) in [6.45, 7) is 4.79. The number of hydrogen-bond acceptors (Lipinski definition) is 5. The van der Waals surface area contributed by atoms with Gasteiger partial charge in [0, 0.05) is 4.47 Å². The van der Waals surface area contributed by atoms with Crippen LogP contribution in [0.2, 0.25) is 0 Å². The zero-order valence-electron chi connectivity index (χ0n) is 14.8. The molecule has 0 aliphatic rings. The highest BCUT2D eigenvalue weighted by atomic mass is 79.9. The Morgan fingerprint density at radius 3 is 1.89 bits per heavy atom. The fraction of sp³-hybridized carbons (Fsp3) is 0.167. The first-order valence-electron chi connectivity index (χ1n) is 7.94. The molecule has 0 aliphatic heterocycles. The number of hydrogen-bond donors (Lipinski definition) is 0. The van der Waals surface area contributed by atoms with Gasteiger partial charge >= 0.3 is 0 Å². The van der Waals surface area contributed by atoms with Crippen LogP contribution in [0.25, 0.3) is 0 Å². The van der Waals surface area contributed by atoms with Gasteiger partial charge in [0.1, 0.15) is 4.90 Å². The number of aromatic nitrogens is 2. The van der Waals surface area contributed by atoms with Gasteiger partial charge in [0.25, 0.3) is 10.0 Å². The van der Waals surface area contributed by atoms with Crippen molar-refractivity contribution in [2.75, 3.05) is 0 Å². The number of sulfone groups is 1. The Morgan fingerprint density at radius 1 is 0.815 bits per heavy atom. The normalized spacial score (nSPS) is 12.3. The van der Waals surface area contributed by atoms with E-state index < -0.39 is 19.9 Å². The third kappa shape index (κ3) is 3.46. The van der Waals surface area contributed by atoms with Crippen molar-refractivity contribution in [3.8, 4) is 0 Å². The van der Waals surface area contributed by atoms with E-state index in [4.69, 9.17) is 0 Å². The molecule has 142 valence electrons. The molecule has 9 heteroatoms. The summed E-state index contributed by atoms with van der Waals surface area (Å²) in [7, 11) is -7.92. The summed E-state index contributed by atoms with van der Waals surface area (Å²) in [5.74, 6) is 0. The molecule has 0 fully saturated rings. The lowest BCUT2D eigenvalue weighted by Gasteiger charge is -2.08. The third-order valence-corrected chi connectivity index (χ3v) is 8.35. The second-order valence-electron chi connectivity index (χ2n) is 6.12. The Bertz CT molecular complexity index is 1210. The van der Waals surface area contributed by atoms with Gasteiger partial charge in [0.2, 0.25) is 9.84 Å². The van der Waals surface area contributed by atoms with E-state index >= 15 is 0 Å². The summed E-state index contributed by atoms with van der Waals surface area (Å²) in [5, 5.41) is 4.03. The molecule has 27 heavy (non-hydrogen) atoms. The maximum Gasteiger partial charge on any atom is 0.283 e. The van der Waals surface area contributed by atoms with Gasteiger partial charge in [-0.25, -0.2) is 8.42 Å². The van der Waals surface area contributed by atoms with Gasteiger partial charge in [-0.3, -0.25) is 0 Å². The fourth-order valence-electron chi connectivity index (χ4n) is 2.77. The molecule has 1 aromatic heterocycles. The fourth-order valence-corrected chi connectivity index (χ4v) is 6.09. The number of benzene rings is 2. The first kappa shape index (κ1) is 19.8. The predicted molar refractivity (Wildman–Crippen MR) is 105 cm³/mol. The Kier molecular flexibility index (Phi) is 5.04. The van der Waals surface area contributed by atoms with E-state index in [2.05, 4.69) is 21.0 Å². The molecule has 0 atom stereocenters. The molecule has 0 saturated carbocycles. The summed E-state index contributed by atoms with van der Waals surface area (Å²) in [6.07, 6.45) is 0. The molecule has 3 rings (SSSR count). The van der Waals surface area contributed by atoms with Crippen molar-refractivity contribution < 1.29 is 16.8 Å². The second kappa shape index (κ2) is 6.88. The quantitative estimate of drug-likeness (QED) is 0.583. The van der Waals surface area contributed by atoms with E-state index in [-0.39, 0.29) is 26.1 Å². The van der Waals surface area contributed by atoms with Gasteiger partial charge in [-0.15, -0.1) is 0 Å². The maximum absolute atomic E-state index is 13.1. The Balaban J connectivity index is 2.18. The van der Waals surface area contributed by atoms with Crippen LogP contribution in [-0.2, 0) is 19.9 Å². The number of aryl methyl sites for hydroxylation is 2. The Labute approximate surface area is 167 Å². The van der Waals surface area contributed by atoms with Gasteiger partial charge < -0.3 is 0 Å². The molecular formula is C18H17BrN2O4S2. The molecule has 0 radical (unpaired) electrons. The lowest BCUT2D eigenvalue weighted by atomic mass is 10.2. The first-order valence-corrected chi connectivity index (χ1v) is 11.7. The molecule has 0 amide bonds. The van der Waals surface area contributed by atoms with Gasteiger partial charge in [0.05, 0.1) is 21.2 Å². The minimum absolute atomic E-state index is 0.0237. The van der Waals surface area contributed by atoms with Gasteiger partial charge in [-0.05, 0) is 57.2 Å². The van der Waals surface area contributed by atoms with E-state index in [0.717, 1.165) is 14.1 Å². The van der Waals surface area contributed by atoms with Crippen molar-refractivity contribution in [3.05, 3.63) is 70.0 Å². The van der Waals surface area contributed by atoms with Crippen molar-refractivity contribution >= 4 is 35.8 Å². The van der Waals surface area contributed by atoms with Crippen LogP contribution in [0.1, 0.15) is 17.0 Å². The van der Waals surface area contributed by atoms with Crippen molar-refractivity contribution in [2.24, 2.45) is 0 Å². The van der Waals surface area contributed by atoms with Crippen LogP contribution in [0.5, 0.6) is 0 Å². The summed E-state index contributed by atoms with van der Waals surface area (Å²) in [6, 6.07) is 12.5. The summed E-state index contributed by atoms with van der Waals surface area (Å²) in [5.41, 5.74) is 1.11. The second-order valence-corrected chi connectivity index (χ2v) is 10.7. The van der Waals surface area contributed by atoms with Gasteiger partial charge in [0.15, 0.2) is 0 Å². The van der Waals surface area contributed by atoms with Crippen molar-refractivity contribution in [3.63, 3.8) is 0 Å². The standard InChI is InChI=1S/C18H17BrN2O4S2/c1-12-4-8-16(9-5-12)26(22,23)18-13(2)20-21(14(18)3)27(24,25)17-10-6-15(19)7-11-17/h4-11H,1-3H3. The van der Waals surface area contributed by atoms with Crippen molar-refractivity contribution in [1.82, 2.24) is 9.19 Å². The third-order valence-electron chi connectivity index (χ3n) is 4.12. The average Bonchev–Trinajstić information content (AvgIpc) is 2.91. The van der Waals surface area contributed by atoms with Crippen LogP contribution in [0, 0.1) is 20.8 Å². The average molecular weight is 469 g/mol. The van der Waals surface area contributed by atoms with Crippen LogP contribution in [0.15, 0.2) is 67.7 Å². The van der Waals surface area contributed by atoms with E-state index in [1.54, 1.807) is 24.3 Å². The van der Waals surface area contributed by atoms with Crippen molar-refractivity contribution in [1.29, 1.82) is 0 Å². The van der Waals surface area contributed by atoms with Crippen LogP contribution in [0.4, 0.5) is 0 Å². The van der Waals surface area contributed by atoms with Gasteiger partial charge in [-0.1, -0.05) is 33.6 Å². The van der Waals surface area contributed by atoms with E-state index in [9.17, 15) is 16.8 Å². The predicted octanol–water partition coefficient (Wildman–Crippen LogP) is 3.64. The Morgan fingerprint density at radius 2 is 1.33 bits per heavy atom. The molecule has 0 unspecified atom stereocenters. The molecule has 0 N–H and O–H groups in total. The molecule has 0 aliphatic carbocycles. The number of nitrogens with zero attached hydrogens (tertiary/aromatic N) is 2. The van der Waals surface area contributed by atoms with E-state index in [0.29, 0.717) is 0 Å². The monoisotopic (exact) mass is 468 g/mol. The largest absolute Gasteiger partial charge is 0.283 e. The van der Waals surface area contributed by atoms with Crippen molar-refractivity contribution in [2.45, 2.75) is 35.5 Å². The van der Waals surface area contributed by atoms with Gasteiger partial charge in [-0.2, -0.15) is 17.6 Å². The van der Waals surface area contributed by atoms with Crippen LogP contribution in [-0.4, -0.2) is 26.0 Å². The highest BCUT2D eigenvalue weighted by Gasteiger charge is 2.31. The molecular weight excluding hydrogens is 452 g/mol. The molecule has 0 bridgehead atoms. The number of halogens is 1. The Hall–Kier alpha value is -1.97. The summed E-state index contributed by atoms with van der Waals surface area (Å²) in [4.78, 5) is 0.0301. The van der Waals surface area contributed by atoms with E-state index in [1.807, 2.05) is 6.92 Å². The molecule has 6 nitrogen and oxygen atoms in total. The minimum Gasteiger partial charge on any atom is -0.218 e. The first-order chi connectivity index (χ1) is 12.5. The van der Waals surface area contributed by atoms with Crippen LogP contribution in [0.3, 0.4) is 0 Å². The SMILES string of the molecule is Cc1ccc(S(=O)(=O)c2c(C)nn(S(=O)(=O)c3ccc(Br)cc3)c2C)cc1. The molecule has 0 saturated heterocycles. The topological polar surface area (TPSA) is 86.1 Å². The molecule has 1 heterocycles.